The molecule has 5 nitrogen and oxygen atoms in total. The summed E-state index contributed by atoms with van der Waals surface area (Å²) in [6.07, 6.45) is 1.98. The van der Waals surface area contributed by atoms with Crippen LogP contribution in [0.25, 0.3) is 17.5 Å². The van der Waals surface area contributed by atoms with Crippen molar-refractivity contribution in [1.29, 1.82) is 0 Å². The van der Waals surface area contributed by atoms with E-state index in [2.05, 4.69) is 10.2 Å². The first-order chi connectivity index (χ1) is 12.5. The van der Waals surface area contributed by atoms with Gasteiger partial charge >= 0.3 is 5.97 Å². The number of hydrogen-bond acceptors (Lipinski definition) is 5. The van der Waals surface area contributed by atoms with Gasteiger partial charge in [-0.15, -0.1) is 10.2 Å². The van der Waals surface area contributed by atoms with Crippen LogP contribution in [0.3, 0.4) is 0 Å². The van der Waals surface area contributed by atoms with Crippen LogP contribution in [0.2, 0.25) is 5.02 Å². The van der Waals surface area contributed by atoms with Crippen LogP contribution in [0, 0.1) is 5.82 Å². The molecule has 1 aromatic heterocycles. The molecule has 0 fully saturated rings. The third-order valence-electron chi connectivity index (χ3n) is 3.46. The molecular weight excluding hydrogens is 359 g/mol. The molecule has 0 saturated heterocycles. The molecule has 132 valence electrons. The Balaban J connectivity index is 1.63. The van der Waals surface area contributed by atoms with Crippen LogP contribution in [0.15, 0.2) is 59.0 Å². The molecule has 0 unspecified atom stereocenters. The number of carbonyl (C=O) groups is 1. The van der Waals surface area contributed by atoms with Gasteiger partial charge in [-0.3, -0.25) is 0 Å². The van der Waals surface area contributed by atoms with Gasteiger partial charge in [0, 0.05) is 11.6 Å². The second-order valence-corrected chi connectivity index (χ2v) is 5.80. The van der Waals surface area contributed by atoms with Gasteiger partial charge in [-0.05, 0) is 42.8 Å². The maximum absolute atomic E-state index is 13.1. The van der Waals surface area contributed by atoms with E-state index < -0.39 is 17.9 Å². The summed E-state index contributed by atoms with van der Waals surface area (Å²) in [5.74, 6) is -0.585. The van der Waals surface area contributed by atoms with Gasteiger partial charge in [0.1, 0.15) is 5.82 Å². The first-order valence-electron chi connectivity index (χ1n) is 7.75. The van der Waals surface area contributed by atoms with E-state index in [1.54, 1.807) is 6.92 Å². The molecule has 1 atom stereocenters. The molecule has 3 rings (SSSR count). The van der Waals surface area contributed by atoms with Crippen molar-refractivity contribution in [2.45, 2.75) is 13.0 Å². The fraction of sp³-hybridized carbons (Fsp3) is 0.105. The molecule has 7 heteroatoms. The van der Waals surface area contributed by atoms with Crippen molar-refractivity contribution in [2.24, 2.45) is 0 Å². The second kappa shape index (κ2) is 7.93. The number of nitrogens with zero attached hydrogens (tertiary/aromatic N) is 2. The van der Waals surface area contributed by atoms with Crippen LogP contribution in [-0.2, 0) is 9.53 Å². The number of halogens is 2. The third-order valence-corrected chi connectivity index (χ3v) is 3.75. The average Bonchev–Trinajstić information content (AvgIpc) is 3.14. The SMILES string of the molecule is C[C@H](OC(=O)/C=C/c1ccc(F)c(Cl)c1)c1nnc(-c2ccccc2)o1. The molecule has 0 amide bonds. The molecule has 2 aromatic carbocycles. The summed E-state index contributed by atoms with van der Waals surface area (Å²) in [5, 5.41) is 7.84. The first kappa shape index (κ1) is 17.8. The number of carbonyl (C=O) groups excluding carboxylic acids is 1. The summed E-state index contributed by atoms with van der Waals surface area (Å²) in [7, 11) is 0. The highest BCUT2D eigenvalue weighted by Crippen LogP contribution is 2.22. The highest BCUT2D eigenvalue weighted by molar-refractivity contribution is 6.30. The lowest BCUT2D eigenvalue weighted by atomic mass is 10.2. The van der Waals surface area contributed by atoms with E-state index in [-0.39, 0.29) is 10.9 Å². The zero-order chi connectivity index (χ0) is 18.5. The quantitative estimate of drug-likeness (QED) is 0.473. The zero-order valence-corrected chi connectivity index (χ0v) is 14.5. The van der Waals surface area contributed by atoms with E-state index in [1.165, 1.54) is 30.4 Å². The summed E-state index contributed by atoms with van der Waals surface area (Å²) in [4.78, 5) is 11.9. The summed E-state index contributed by atoms with van der Waals surface area (Å²) in [6, 6.07) is 13.4. The summed E-state index contributed by atoms with van der Waals surface area (Å²) in [6.45, 7) is 1.63. The Bertz CT molecular complexity index is 941. The summed E-state index contributed by atoms with van der Waals surface area (Å²) in [5.41, 5.74) is 1.35. The molecule has 0 saturated carbocycles. The van der Waals surface area contributed by atoms with E-state index in [0.29, 0.717) is 11.5 Å². The van der Waals surface area contributed by atoms with Crippen molar-refractivity contribution >= 4 is 23.6 Å². The molecule has 0 bridgehead atoms. The predicted molar refractivity (Wildman–Crippen MR) is 94.7 cm³/mol. The van der Waals surface area contributed by atoms with Crippen molar-refractivity contribution < 1.29 is 18.3 Å². The topological polar surface area (TPSA) is 65.2 Å². The van der Waals surface area contributed by atoms with Gasteiger partial charge in [0.25, 0.3) is 5.89 Å². The fourth-order valence-corrected chi connectivity index (χ4v) is 2.33. The molecule has 3 aromatic rings. The van der Waals surface area contributed by atoms with Crippen LogP contribution >= 0.6 is 11.6 Å². The highest BCUT2D eigenvalue weighted by Gasteiger charge is 2.18. The molecule has 0 aliphatic carbocycles. The van der Waals surface area contributed by atoms with Gasteiger partial charge in [0.15, 0.2) is 6.10 Å². The largest absolute Gasteiger partial charge is 0.449 e. The molecular formula is C19H14ClFN2O3. The van der Waals surface area contributed by atoms with Crippen molar-refractivity contribution in [2.75, 3.05) is 0 Å². The first-order valence-corrected chi connectivity index (χ1v) is 8.13. The zero-order valence-electron chi connectivity index (χ0n) is 13.7. The molecule has 1 heterocycles. The number of ether oxygens (including phenoxy) is 1. The average molecular weight is 373 g/mol. The second-order valence-electron chi connectivity index (χ2n) is 5.40. The lowest BCUT2D eigenvalue weighted by molar-refractivity contribution is -0.143. The molecule has 0 spiro atoms. The van der Waals surface area contributed by atoms with Gasteiger partial charge in [-0.25, -0.2) is 9.18 Å². The maximum Gasteiger partial charge on any atom is 0.331 e. The Labute approximate surface area is 154 Å². The van der Waals surface area contributed by atoms with Gasteiger partial charge in [-0.1, -0.05) is 35.9 Å². The highest BCUT2D eigenvalue weighted by atomic mass is 35.5. The Morgan fingerprint density at radius 1 is 1.23 bits per heavy atom. The molecule has 0 aliphatic rings. The van der Waals surface area contributed by atoms with Crippen molar-refractivity contribution in [3.63, 3.8) is 0 Å². The third kappa shape index (κ3) is 4.34. The lowest BCUT2D eigenvalue weighted by Gasteiger charge is -2.06. The normalized spacial score (nSPS) is 12.3. The molecule has 26 heavy (non-hydrogen) atoms. The Morgan fingerprint density at radius 3 is 2.73 bits per heavy atom. The van der Waals surface area contributed by atoms with Crippen molar-refractivity contribution in [3.05, 3.63) is 76.9 Å². The van der Waals surface area contributed by atoms with E-state index in [9.17, 15) is 9.18 Å². The van der Waals surface area contributed by atoms with E-state index in [1.807, 2.05) is 30.3 Å². The number of benzene rings is 2. The minimum atomic E-state index is -0.714. The molecule has 0 N–H and O–H groups in total. The van der Waals surface area contributed by atoms with Crippen LogP contribution < -0.4 is 0 Å². The van der Waals surface area contributed by atoms with E-state index in [4.69, 9.17) is 20.8 Å². The van der Waals surface area contributed by atoms with E-state index in [0.717, 1.165) is 5.56 Å². The molecule has 0 aliphatic heterocycles. The fourth-order valence-electron chi connectivity index (χ4n) is 2.14. The standard InChI is InChI=1S/C19H14ClFN2O3/c1-12(18-22-23-19(26-18)14-5-3-2-4-6-14)25-17(24)10-8-13-7-9-16(21)15(20)11-13/h2-12H,1H3/b10-8+/t12-/m0/s1. The van der Waals surface area contributed by atoms with Crippen LogP contribution in [0.4, 0.5) is 4.39 Å². The van der Waals surface area contributed by atoms with Crippen LogP contribution in [0.1, 0.15) is 24.5 Å². The van der Waals surface area contributed by atoms with Crippen LogP contribution in [0.5, 0.6) is 0 Å². The van der Waals surface area contributed by atoms with E-state index >= 15 is 0 Å². The van der Waals surface area contributed by atoms with Crippen LogP contribution in [-0.4, -0.2) is 16.2 Å². The smallest absolute Gasteiger partial charge is 0.331 e. The molecule has 0 radical (unpaired) electrons. The maximum atomic E-state index is 13.1. The lowest BCUT2D eigenvalue weighted by Crippen LogP contribution is -2.06. The number of rotatable bonds is 5. The minimum absolute atomic E-state index is 0.0202. The number of aromatic nitrogens is 2. The predicted octanol–water partition coefficient (Wildman–Crippen LogP) is 4.85. The Hall–Kier alpha value is -2.99. The Kier molecular flexibility index (Phi) is 5.43. The summed E-state index contributed by atoms with van der Waals surface area (Å²) >= 11 is 5.69. The van der Waals surface area contributed by atoms with Gasteiger partial charge in [0.2, 0.25) is 5.89 Å². The van der Waals surface area contributed by atoms with Crippen molar-refractivity contribution in [1.82, 2.24) is 10.2 Å². The van der Waals surface area contributed by atoms with Gasteiger partial charge < -0.3 is 9.15 Å². The monoisotopic (exact) mass is 372 g/mol. The van der Waals surface area contributed by atoms with Gasteiger partial charge in [0.05, 0.1) is 5.02 Å². The minimum Gasteiger partial charge on any atom is -0.449 e. The Morgan fingerprint density at radius 2 is 2.00 bits per heavy atom. The van der Waals surface area contributed by atoms with Crippen molar-refractivity contribution in [3.8, 4) is 11.5 Å². The van der Waals surface area contributed by atoms with Gasteiger partial charge in [-0.2, -0.15) is 0 Å². The number of esters is 1. The summed E-state index contributed by atoms with van der Waals surface area (Å²) < 4.78 is 23.9. The number of hydrogen-bond donors (Lipinski definition) is 0.